The van der Waals surface area contributed by atoms with Crippen molar-refractivity contribution in [1.82, 2.24) is 25.1 Å². The van der Waals surface area contributed by atoms with Gasteiger partial charge in [-0.3, -0.25) is 9.59 Å². The Morgan fingerprint density at radius 1 is 0.953 bits per heavy atom. The van der Waals surface area contributed by atoms with Gasteiger partial charge in [-0.1, -0.05) is 54.6 Å². The van der Waals surface area contributed by atoms with Crippen molar-refractivity contribution in [2.45, 2.75) is 37.9 Å². The number of fused-ring (bicyclic) bond motifs is 1. The molecule has 3 aromatic carbocycles. The average molecular weight is 596 g/mol. The molecule has 2 atom stereocenters. The normalized spacial score (nSPS) is 19.3. The van der Waals surface area contributed by atoms with Crippen LogP contribution >= 0.6 is 0 Å². The first-order valence-corrected chi connectivity index (χ1v) is 13.8. The Balaban J connectivity index is 1.44. The molecule has 43 heavy (non-hydrogen) atoms. The zero-order chi connectivity index (χ0) is 30.7. The maximum atomic E-state index is 13.9. The van der Waals surface area contributed by atoms with Crippen LogP contribution in [0.25, 0.3) is 0 Å². The van der Waals surface area contributed by atoms with Crippen LogP contribution in [-0.4, -0.2) is 77.1 Å². The summed E-state index contributed by atoms with van der Waals surface area (Å²) in [6.45, 7) is -0.114. The number of halogens is 3. The van der Waals surface area contributed by atoms with Gasteiger partial charge in [-0.15, -0.1) is 0 Å². The molecule has 0 radical (unpaired) electrons. The average Bonchev–Trinajstić information content (AvgIpc) is 2.98. The molecule has 3 aromatic rings. The summed E-state index contributed by atoms with van der Waals surface area (Å²) in [5.41, 5.74) is 1.11. The summed E-state index contributed by atoms with van der Waals surface area (Å²) in [4.78, 5) is 43.8. The van der Waals surface area contributed by atoms with Gasteiger partial charge in [-0.25, -0.2) is 14.8 Å². The Bertz CT molecular complexity index is 1470. The quantitative estimate of drug-likeness (QED) is 0.448. The highest BCUT2D eigenvalue weighted by molar-refractivity contribution is 5.91. The number of rotatable bonds is 7. The van der Waals surface area contributed by atoms with Crippen LogP contribution in [0.5, 0.6) is 5.75 Å². The molecule has 5 rings (SSSR count). The minimum absolute atomic E-state index is 0.0770. The molecule has 0 bridgehead atoms. The second-order valence-corrected chi connectivity index (χ2v) is 10.6. The minimum atomic E-state index is -4.54. The van der Waals surface area contributed by atoms with E-state index in [-0.39, 0.29) is 38.5 Å². The molecule has 2 aliphatic rings. The number of benzene rings is 3. The summed E-state index contributed by atoms with van der Waals surface area (Å²) in [5, 5.41) is 5.80. The molecule has 226 valence electrons. The Labute approximate surface area is 247 Å². The molecule has 0 aromatic heterocycles. The van der Waals surface area contributed by atoms with Gasteiger partial charge < -0.3 is 19.9 Å². The van der Waals surface area contributed by atoms with Crippen molar-refractivity contribution in [1.29, 1.82) is 0 Å². The van der Waals surface area contributed by atoms with Crippen molar-refractivity contribution >= 4 is 17.8 Å². The lowest BCUT2D eigenvalue weighted by molar-refractivity contribution is -0.187. The highest BCUT2D eigenvalue weighted by Gasteiger charge is 2.50. The summed E-state index contributed by atoms with van der Waals surface area (Å²) < 4.78 is 45.4. The van der Waals surface area contributed by atoms with Crippen molar-refractivity contribution in [3.63, 3.8) is 0 Å². The molecular weight excluding hydrogens is 563 g/mol. The number of alkyl halides is 3. The zero-order valence-corrected chi connectivity index (χ0v) is 23.8. The monoisotopic (exact) mass is 595 g/mol. The second kappa shape index (κ2) is 12.3. The number of carbonyl (C=O) groups is 3. The fourth-order valence-corrected chi connectivity index (χ4v) is 5.55. The Kier molecular flexibility index (Phi) is 8.58. The molecule has 2 aliphatic heterocycles. The highest BCUT2D eigenvalue weighted by Crippen LogP contribution is 2.32. The van der Waals surface area contributed by atoms with E-state index < -0.39 is 35.9 Å². The molecule has 2 saturated heterocycles. The summed E-state index contributed by atoms with van der Waals surface area (Å²) >= 11 is 0. The van der Waals surface area contributed by atoms with Gasteiger partial charge in [0.25, 0.3) is 0 Å². The van der Waals surface area contributed by atoms with Crippen LogP contribution < -0.4 is 10.1 Å². The fourth-order valence-electron chi connectivity index (χ4n) is 5.55. The van der Waals surface area contributed by atoms with E-state index >= 15 is 0 Å². The van der Waals surface area contributed by atoms with Gasteiger partial charge in [0.15, 0.2) is 0 Å². The number of nitrogens with zero attached hydrogens (tertiary/aromatic N) is 4. The van der Waals surface area contributed by atoms with Gasteiger partial charge in [-0.2, -0.15) is 13.2 Å². The Morgan fingerprint density at radius 3 is 2.33 bits per heavy atom. The molecule has 1 N–H and O–H groups in total. The van der Waals surface area contributed by atoms with Crippen LogP contribution in [-0.2, 0) is 35.3 Å². The molecule has 4 amide bonds. The van der Waals surface area contributed by atoms with Gasteiger partial charge >= 0.3 is 12.2 Å². The standard InChI is InChI=1S/C31H32F3N5O4/c1-36-20-28(40)38-26(16-21-7-4-3-5-8-21)29(41)37(18-23-9-6-10-24(15-23)31(32,33)34)19-27(38)39(36)30(42)35-17-22-11-13-25(43-2)14-12-22/h3-15,26-27H,16-20H2,1-2H3,(H,35,42)/t26-,27-/m0/s1. The zero-order valence-electron chi connectivity index (χ0n) is 23.8. The van der Waals surface area contributed by atoms with E-state index in [4.69, 9.17) is 4.74 Å². The predicted molar refractivity (Wildman–Crippen MR) is 151 cm³/mol. The van der Waals surface area contributed by atoms with Crippen molar-refractivity contribution in [3.05, 3.63) is 101 Å². The van der Waals surface area contributed by atoms with Crippen molar-refractivity contribution in [3.8, 4) is 5.75 Å². The lowest BCUT2D eigenvalue weighted by Gasteiger charge is -2.54. The number of carbonyl (C=O) groups excluding carboxylic acids is 3. The fraction of sp³-hybridized carbons (Fsp3) is 0.323. The van der Waals surface area contributed by atoms with Gasteiger partial charge in [0.1, 0.15) is 18.0 Å². The summed E-state index contributed by atoms with van der Waals surface area (Å²) in [5.74, 6) is -0.0362. The van der Waals surface area contributed by atoms with Gasteiger partial charge in [-0.05, 0) is 41.0 Å². The van der Waals surface area contributed by atoms with Crippen molar-refractivity contribution < 1.29 is 32.3 Å². The third-order valence-corrected chi connectivity index (χ3v) is 7.65. The molecular formula is C31H32F3N5O4. The number of hydrazine groups is 1. The number of urea groups is 1. The number of piperazine rings is 1. The first-order chi connectivity index (χ1) is 20.5. The van der Waals surface area contributed by atoms with E-state index in [1.807, 2.05) is 42.5 Å². The van der Waals surface area contributed by atoms with Crippen LogP contribution in [0.1, 0.15) is 22.3 Å². The number of ether oxygens (including phenoxy) is 1. The number of amides is 4. The third-order valence-electron chi connectivity index (χ3n) is 7.65. The lowest BCUT2D eigenvalue weighted by atomic mass is 9.98. The van der Waals surface area contributed by atoms with Gasteiger partial charge in [0.05, 0.1) is 25.8 Å². The van der Waals surface area contributed by atoms with Gasteiger partial charge in [0, 0.05) is 26.6 Å². The summed E-state index contributed by atoms with van der Waals surface area (Å²) in [7, 11) is 3.17. The molecule has 0 aliphatic carbocycles. The Morgan fingerprint density at radius 2 is 1.65 bits per heavy atom. The second-order valence-electron chi connectivity index (χ2n) is 10.6. The summed E-state index contributed by atoms with van der Waals surface area (Å²) in [6, 6.07) is 19.8. The van der Waals surface area contributed by atoms with Crippen LogP contribution in [0.2, 0.25) is 0 Å². The Hall–Kier alpha value is -4.58. The lowest BCUT2D eigenvalue weighted by Crippen LogP contribution is -2.76. The summed E-state index contributed by atoms with van der Waals surface area (Å²) in [6.07, 6.45) is -5.22. The van der Waals surface area contributed by atoms with Crippen molar-refractivity contribution in [2.75, 3.05) is 27.2 Å². The van der Waals surface area contributed by atoms with Gasteiger partial charge in [0.2, 0.25) is 11.8 Å². The maximum absolute atomic E-state index is 13.9. The predicted octanol–water partition coefficient (Wildman–Crippen LogP) is 3.89. The van der Waals surface area contributed by atoms with E-state index in [9.17, 15) is 27.6 Å². The number of hydrogen-bond acceptors (Lipinski definition) is 5. The number of likely N-dealkylation sites (N-methyl/N-ethyl adjacent to an activating group) is 1. The van der Waals surface area contributed by atoms with E-state index in [2.05, 4.69) is 5.32 Å². The molecule has 0 unspecified atom stereocenters. The smallest absolute Gasteiger partial charge is 0.416 e. The van der Waals surface area contributed by atoms with Crippen LogP contribution in [0, 0.1) is 0 Å². The third kappa shape index (κ3) is 6.59. The molecule has 0 spiro atoms. The topological polar surface area (TPSA) is 85.4 Å². The van der Waals surface area contributed by atoms with Crippen molar-refractivity contribution in [2.24, 2.45) is 0 Å². The largest absolute Gasteiger partial charge is 0.497 e. The molecule has 2 heterocycles. The first-order valence-electron chi connectivity index (χ1n) is 13.8. The van der Waals surface area contributed by atoms with Crippen LogP contribution in [0.4, 0.5) is 18.0 Å². The van der Waals surface area contributed by atoms with Crippen LogP contribution in [0.3, 0.4) is 0 Å². The molecule has 0 saturated carbocycles. The molecule has 9 nitrogen and oxygen atoms in total. The molecule has 2 fully saturated rings. The minimum Gasteiger partial charge on any atom is -0.497 e. The maximum Gasteiger partial charge on any atom is 0.416 e. The molecule has 12 heteroatoms. The van der Waals surface area contributed by atoms with E-state index in [1.54, 1.807) is 26.3 Å². The number of nitrogens with one attached hydrogen (secondary N) is 1. The first kappa shape index (κ1) is 29.9. The number of hydrogen-bond donors (Lipinski definition) is 1. The number of methoxy groups -OCH3 is 1. The SMILES string of the molecule is COc1ccc(CNC(=O)N2[C@H]3CN(Cc4cccc(C(F)(F)F)c4)C(=O)[C@H](Cc4ccccc4)N3C(=O)CN2C)cc1. The van der Waals surface area contributed by atoms with E-state index in [1.165, 1.54) is 32.0 Å². The highest BCUT2D eigenvalue weighted by atomic mass is 19.4. The van der Waals surface area contributed by atoms with E-state index in [0.29, 0.717) is 11.3 Å². The van der Waals surface area contributed by atoms with Crippen LogP contribution in [0.15, 0.2) is 78.9 Å². The van der Waals surface area contributed by atoms with E-state index in [0.717, 1.165) is 23.3 Å².